The van der Waals surface area contributed by atoms with Crippen molar-refractivity contribution in [2.75, 3.05) is 4.90 Å². The third-order valence-corrected chi connectivity index (χ3v) is 8.69. The highest BCUT2D eigenvalue weighted by Crippen LogP contribution is 2.43. The molecular weight excluding hydrogens is 622 g/mol. The van der Waals surface area contributed by atoms with Gasteiger partial charge in [-0.2, -0.15) is 0 Å². The lowest BCUT2D eigenvalue weighted by atomic mass is 10.0. The summed E-state index contributed by atoms with van der Waals surface area (Å²) < 4.78 is 1.66. The molecule has 0 radical (unpaired) electrons. The van der Waals surface area contributed by atoms with Crippen LogP contribution in [0.25, 0.3) is 0 Å². The average Bonchev–Trinajstić information content (AvgIpc) is 2.70. The Bertz CT molecular complexity index is 1020. The molecule has 0 atom stereocenters. The van der Waals surface area contributed by atoms with E-state index in [9.17, 15) is 14.7 Å². The lowest BCUT2D eigenvalue weighted by Gasteiger charge is -2.25. The number of rotatable bonds is 4. The van der Waals surface area contributed by atoms with Gasteiger partial charge in [-0.05, 0) is 88.0 Å². The van der Waals surface area contributed by atoms with Crippen LogP contribution in [0.15, 0.2) is 78.6 Å². The number of hydrogen-bond acceptors (Lipinski definition) is 2. The van der Waals surface area contributed by atoms with Crippen molar-refractivity contribution in [3.63, 3.8) is 0 Å². The number of halogens is 4. The normalized spacial score (nSPS) is 10.6. The van der Waals surface area contributed by atoms with Crippen LogP contribution in [0.1, 0.15) is 20.7 Å². The van der Waals surface area contributed by atoms with Gasteiger partial charge >= 0.3 is 5.97 Å². The van der Waals surface area contributed by atoms with Gasteiger partial charge in [0, 0.05) is 29.3 Å². The third-order valence-electron chi connectivity index (χ3n) is 3.93. The van der Waals surface area contributed by atoms with E-state index in [0.717, 1.165) is 0 Å². The largest absolute Gasteiger partial charge is 0.478 e. The highest BCUT2D eigenvalue weighted by molar-refractivity contribution is 9.15. The number of carbonyl (C=O) groups is 2. The molecule has 3 aromatic carbocycles. The highest BCUT2D eigenvalue weighted by Gasteiger charge is 2.31. The van der Waals surface area contributed by atoms with Crippen LogP contribution in [0, 0.1) is 0 Å². The van der Waals surface area contributed by atoms with Crippen LogP contribution in [-0.2, 0) is 0 Å². The first-order valence-corrected chi connectivity index (χ1v) is 11.1. The fraction of sp³-hybridized carbons (Fsp3) is 0. The van der Waals surface area contributed by atoms with Gasteiger partial charge < -0.3 is 5.11 Å². The Morgan fingerprint density at radius 1 is 0.643 bits per heavy atom. The molecule has 0 bridgehead atoms. The van der Waals surface area contributed by atoms with Crippen molar-refractivity contribution in [1.82, 2.24) is 0 Å². The van der Waals surface area contributed by atoms with Crippen molar-refractivity contribution in [1.29, 1.82) is 0 Å². The quantitative estimate of drug-likeness (QED) is 0.241. The summed E-state index contributed by atoms with van der Waals surface area (Å²) in [5, 5.41) is 9.80. The van der Waals surface area contributed by atoms with E-state index in [2.05, 4.69) is 63.7 Å². The number of para-hydroxylation sites is 2. The van der Waals surface area contributed by atoms with Crippen molar-refractivity contribution in [2.45, 2.75) is 0 Å². The molecule has 8 heteroatoms. The minimum absolute atomic E-state index is 0.0298. The van der Waals surface area contributed by atoms with E-state index in [1.165, 1.54) is 4.90 Å². The van der Waals surface area contributed by atoms with Crippen LogP contribution < -0.4 is 4.90 Å². The van der Waals surface area contributed by atoms with Gasteiger partial charge in [0.05, 0.1) is 11.1 Å². The lowest BCUT2D eigenvalue weighted by molar-refractivity contribution is 0.0690. The maximum absolute atomic E-state index is 13.7. The molecule has 28 heavy (non-hydrogen) atoms. The number of anilines is 2. The summed E-state index contributed by atoms with van der Waals surface area (Å²) in [6, 6.07) is 18.1. The van der Waals surface area contributed by atoms with E-state index < -0.39 is 11.9 Å². The number of carbonyl (C=O) groups excluding carboxylic acids is 1. The molecule has 3 aromatic rings. The Morgan fingerprint density at radius 3 is 1.43 bits per heavy atom. The zero-order chi connectivity index (χ0) is 20.4. The molecule has 0 saturated carbocycles. The van der Waals surface area contributed by atoms with Crippen molar-refractivity contribution >= 4 is 87.0 Å². The summed E-state index contributed by atoms with van der Waals surface area (Å²) in [4.78, 5) is 27.2. The van der Waals surface area contributed by atoms with E-state index in [0.29, 0.717) is 24.8 Å². The fourth-order valence-electron chi connectivity index (χ4n) is 2.68. The number of carboxylic acid groups (broad SMARTS) is 1. The molecule has 0 aliphatic carbocycles. The summed E-state index contributed by atoms with van der Waals surface area (Å²) >= 11 is 13.4. The zero-order valence-electron chi connectivity index (χ0n) is 14.0. The molecule has 0 saturated heterocycles. The Hall–Kier alpha value is -1.48. The van der Waals surface area contributed by atoms with Crippen molar-refractivity contribution in [3.05, 3.63) is 89.7 Å². The molecular formula is C20H11Br4NO3. The Labute approximate surface area is 195 Å². The molecule has 0 aromatic heterocycles. The van der Waals surface area contributed by atoms with E-state index in [1.54, 1.807) is 24.3 Å². The molecule has 0 fully saturated rings. The van der Waals surface area contributed by atoms with Crippen LogP contribution in [0.3, 0.4) is 0 Å². The van der Waals surface area contributed by atoms with Crippen molar-refractivity contribution in [2.24, 2.45) is 0 Å². The number of amides is 1. The monoisotopic (exact) mass is 629 g/mol. The minimum Gasteiger partial charge on any atom is -0.478 e. The first kappa shape index (κ1) is 21.2. The second-order valence-electron chi connectivity index (χ2n) is 5.62. The molecule has 0 aliphatic rings. The molecule has 0 aliphatic heterocycles. The first-order chi connectivity index (χ1) is 13.3. The van der Waals surface area contributed by atoms with Gasteiger partial charge in [-0.1, -0.05) is 36.4 Å². The smallest absolute Gasteiger partial charge is 0.337 e. The number of carboxylic acids is 1. The summed E-state index contributed by atoms with van der Waals surface area (Å²) in [7, 11) is 0. The highest BCUT2D eigenvalue weighted by atomic mass is 79.9. The first-order valence-electron chi connectivity index (χ1n) is 7.88. The Morgan fingerprint density at radius 2 is 1.04 bits per heavy atom. The van der Waals surface area contributed by atoms with E-state index in [1.807, 2.05) is 36.4 Å². The predicted molar refractivity (Wildman–Crippen MR) is 124 cm³/mol. The lowest BCUT2D eigenvalue weighted by Crippen LogP contribution is -2.28. The number of hydrogen-bond donors (Lipinski definition) is 1. The van der Waals surface area contributed by atoms with Gasteiger partial charge in [0.1, 0.15) is 0 Å². The maximum atomic E-state index is 13.7. The Balaban J connectivity index is 2.30. The molecule has 3 rings (SSSR count). The van der Waals surface area contributed by atoms with Gasteiger partial charge in [-0.15, -0.1) is 0 Å². The summed E-state index contributed by atoms with van der Waals surface area (Å²) in [6.45, 7) is 0. The van der Waals surface area contributed by atoms with Crippen LogP contribution in [-0.4, -0.2) is 17.0 Å². The van der Waals surface area contributed by atoms with E-state index >= 15 is 0 Å². The van der Waals surface area contributed by atoms with Gasteiger partial charge in [-0.25, -0.2) is 4.79 Å². The standard InChI is InChI=1S/C20H11Br4NO3/c21-15-13(14(20(27)28)16(22)18(24)17(15)23)19(26)25(11-7-3-1-4-8-11)12-9-5-2-6-10-12/h1-10H,(H,27,28). The number of benzene rings is 3. The van der Waals surface area contributed by atoms with Crippen LogP contribution in [0.4, 0.5) is 11.4 Å². The fourth-order valence-corrected chi connectivity index (χ4v) is 5.14. The van der Waals surface area contributed by atoms with E-state index in [-0.39, 0.29) is 15.6 Å². The van der Waals surface area contributed by atoms with Gasteiger partial charge in [0.15, 0.2) is 0 Å². The van der Waals surface area contributed by atoms with Crippen molar-refractivity contribution < 1.29 is 14.7 Å². The molecule has 0 heterocycles. The molecule has 1 N–H and O–H groups in total. The molecule has 1 amide bonds. The number of aromatic carboxylic acids is 1. The summed E-state index contributed by atoms with van der Waals surface area (Å²) in [5.74, 6) is -1.69. The average molecular weight is 633 g/mol. The second-order valence-corrected chi connectivity index (χ2v) is 8.79. The summed E-state index contributed by atoms with van der Waals surface area (Å²) in [6.07, 6.45) is 0. The molecule has 0 unspecified atom stereocenters. The predicted octanol–water partition coefficient (Wildman–Crippen LogP) is 7.41. The van der Waals surface area contributed by atoms with E-state index in [4.69, 9.17) is 0 Å². The van der Waals surface area contributed by atoms with Gasteiger partial charge in [0.25, 0.3) is 5.91 Å². The number of nitrogens with zero attached hydrogens (tertiary/aromatic N) is 1. The third kappa shape index (κ3) is 3.96. The van der Waals surface area contributed by atoms with Crippen LogP contribution in [0.5, 0.6) is 0 Å². The summed E-state index contributed by atoms with van der Waals surface area (Å²) in [5.41, 5.74) is 1.14. The zero-order valence-corrected chi connectivity index (χ0v) is 20.3. The Kier molecular flexibility index (Phi) is 6.75. The van der Waals surface area contributed by atoms with Crippen LogP contribution in [0.2, 0.25) is 0 Å². The molecule has 142 valence electrons. The topological polar surface area (TPSA) is 57.6 Å². The van der Waals surface area contributed by atoms with Crippen LogP contribution >= 0.6 is 63.7 Å². The second kappa shape index (κ2) is 8.90. The molecule has 4 nitrogen and oxygen atoms in total. The minimum atomic E-state index is -1.22. The molecule has 0 spiro atoms. The maximum Gasteiger partial charge on any atom is 0.337 e. The van der Waals surface area contributed by atoms with Gasteiger partial charge in [0.2, 0.25) is 0 Å². The van der Waals surface area contributed by atoms with Gasteiger partial charge in [-0.3, -0.25) is 9.69 Å². The van der Waals surface area contributed by atoms with Crippen molar-refractivity contribution in [3.8, 4) is 0 Å². The SMILES string of the molecule is O=C(O)c1c(Br)c(Br)c(Br)c(Br)c1C(=O)N(c1ccccc1)c1ccccc1.